The summed E-state index contributed by atoms with van der Waals surface area (Å²) in [5.41, 5.74) is 3.54. The highest BCUT2D eigenvalue weighted by molar-refractivity contribution is 6.05. The maximum Gasteiger partial charge on any atom is 0.388 e. The molecule has 0 saturated heterocycles. The number of esters is 1. The van der Waals surface area contributed by atoms with E-state index in [0.29, 0.717) is 55.1 Å². The number of fused-ring (bicyclic) bond motifs is 3. The van der Waals surface area contributed by atoms with E-state index in [1.165, 1.54) is 0 Å². The zero-order chi connectivity index (χ0) is 29.8. The molecule has 8 nitrogen and oxygen atoms in total. The Balaban J connectivity index is 1.42. The fourth-order valence-electron chi connectivity index (χ4n) is 5.90. The molecule has 0 radical (unpaired) electrons. The van der Waals surface area contributed by atoms with Crippen LogP contribution in [0.4, 0.5) is 8.78 Å². The number of ether oxygens (including phenoxy) is 4. The number of rotatable bonds is 9. The molecule has 0 fully saturated rings. The molecule has 0 bridgehead atoms. The predicted molar refractivity (Wildman–Crippen MR) is 159 cm³/mol. The Bertz CT molecular complexity index is 1740. The summed E-state index contributed by atoms with van der Waals surface area (Å²) in [5, 5.41) is 9.87. The zero-order valence-corrected chi connectivity index (χ0v) is 23.9. The van der Waals surface area contributed by atoms with Crippen molar-refractivity contribution in [2.45, 2.75) is 52.4 Å². The minimum Gasteiger partial charge on any atom is -0.493 e. The van der Waals surface area contributed by atoms with E-state index in [4.69, 9.17) is 18.9 Å². The van der Waals surface area contributed by atoms with Crippen LogP contribution in [0.25, 0.3) is 32.8 Å². The van der Waals surface area contributed by atoms with Gasteiger partial charge in [-0.2, -0.15) is 13.9 Å². The number of H-pyrrole nitrogens is 1. The van der Waals surface area contributed by atoms with Gasteiger partial charge < -0.3 is 23.5 Å². The second-order valence-corrected chi connectivity index (χ2v) is 10.3. The first-order valence-corrected chi connectivity index (χ1v) is 14.6. The molecule has 43 heavy (non-hydrogen) atoms. The van der Waals surface area contributed by atoms with Crippen LogP contribution in [0.3, 0.4) is 0 Å². The molecule has 3 heterocycles. The second-order valence-electron chi connectivity index (χ2n) is 10.3. The molecule has 0 unspecified atom stereocenters. The highest BCUT2D eigenvalue weighted by atomic mass is 19.3. The third-order valence-electron chi connectivity index (χ3n) is 7.68. The number of aromatic nitrogens is 3. The maximum atomic E-state index is 13.5. The summed E-state index contributed by atoms with van der Waals surface area (Å²) < 4.78 is 51.2. The minimum atomic E-state index is -3.04. The quantitative estimate of drug-likeness (QED) is 0.144. The Morgan fingerprint density at radius 2 is 1.88 bits per heavy atom. The lowest BCUT2D eigenvalue weighted by Crippen LogP contribution is -2.15. The number of halogens is 2. The normalized spacial score (nSPS) is 13.6. The first-order valence-electron chi connectivity index (χ1n) is 14.6. The number of nitrogens with zero attached hydrogens (tertiary/aromatic N) is 2. The first kappa shape index (κ1) is 28.7. The highest BCUT2D eigenvalue weighted by Crippen LogP contribution is 2.41. The van der Waals surface area contributed by atoms with Crippen molar-refractivity contribution >= 4 is 27.6 Å². The van der Waals surface area contributed by atoms with Gasteiger partial charge in [-0.15, -0.1) is 0 Å². The number of benzene rings is 3. The molecule has 10 heteroatoms. The predicted octanol–water partition coefficient (Wildman–Crippen LogP) is 7.28. The van der Waals surface area contributed by atoms with Crippen LogP contribution in [0.1, 0.15) is 47.9 Å². The lowest BCUT2D eigenvalue weighted by molar-refractivity contribution is -0.0525. The number of para-hydroxylation sites is 1. The number of alkyl halides is 2. The van der Waals surface area contributed by atoms with Gasteiger partial charge in [0.05, 0.1) is 36.6 Å². The van der Waals surface area contributed by atoms with Crippen molar-refractivity contribution in [2.75, 3.05) is 19.8 Å². The van der Waals surface area contributed by atoms with E-state index < -0.39 is 12.6 Å². The van der Waals surface area contributed by atoms with Crippen LogP contribution in [-0.4, -0.2) is 47.2 Å². The van der Waals surface area contributed by atoms with Crippen LogP contribution in [0.15, 0.2) is 60.7 Å². The monoisotopic (exact) mass is 589 g/mol. The lowest BCUT2D eigenvalue weighted by atomic mass is 9.99. The molecule has 0 spiro atoms. The van der Waals surface area contributed by atoms with Crippen LogP contribution in [0.2, 0.25) is 0 Å². The Kier molecular flexibility index (Phi) is 8.55. The molecular formula is C33H33F2N3O5. The number of aromatic amines is 1. The van der Waals surface area contributed by atoms with Crippen LogP contribution < -0.4 is 9.47 Å². The van der Waals surface area contributed by atoms with Crippen molar-refractivity contribution in [3.63, 3.8) is 0 Å². The van der Waals surface area contributed by atoms with Crippen LogP contribution in [0.5, 0.6) is 11.6 Å². The van der Waals surface area contributed by atoms with Gasteiger partial charge in [-0.25, -0.2) is 9.89 Å². The lowest BCUT2D eigenvalue weighted by Gasteiger charge is -2.13. The van der Waals surface area contributed by atoms with E-state index in [1.54, 1.807) is 6.92 Å². The van der Waals surface area contributed by atoms with Gasteiger partial charge in [-0.1, -0.05) is 54.6 Å². The fourth-order valence-corrected chi connectivity index (χ4v) is 5.90. The number of carbonyl (C=O) groups excluding carboxylic acids is 1. The number of nitrogens with one attached hydrogen (secondary N) is 1. The summed E-state index contributed by atoms with van der Waals surface area (Å²) in [6, 6.07) is 19.7. The first-order chi connectivity index (χ1) is 21.1. The molecule has 224 valence electrons. The van der Waals surface area contributed by atoms with Crippen molar-refractivity contribution in [3.05, 3.63) is 77.6 Å². The fraction of sp³-hybridized carbons (Fsp3) is 0.333. The Labute approximate surface area is 247 Å². The van der Waals surface area contributed by atoms with Gasteiger partial charge in [0.2, 0.25) is 5.88 Å². The molecule has 6 rings (SSSR count). The van der Waals surface area contributed by atoms with Crippen molar-refractivity contribution in [3.8, 4) is 22.8 Å². The molecule has 2 aromatic heterocycles. The number of carbonyl (C=O) groups is 1. The van der Waals surface area contributed by atoms with Crippen molar-refractivity contribution in [2.24, 2.45) is 0 Å². The number of aryl methyl sites for hydroxylation is 2. The summed E-state index contributed by atoms with van der Waals surface area (Å²) >= 11 is 0. The molecule has 0 saturated carbocycles. The SMILES string of the molecule is CCOC(=O)c1c(CCCOc2cccc3ccccc23)c2cccc3c2n1CCCCOCc1n[nH]c(OC(F)F)c1-3. The highest BCUT2D eigenvalue weighted by Gasteiger charge is 2.29. The molecule has 0 amide bonds. The Morgan fingerprint density at radius 1 is 1.07 bits per heavy atom. The maximum absolute atomic E-state index is 13.5. The molecule has 1 aliphatic rings. The summed E-state index contributed by atoms with van der Waals surface area (Å²) in [4.78, 5) is 13.5. The summed E-state index contributed by atoms with van der Waals surface area (Å²) in [7, 11) is 0. The average Bonchev–Trinajstić information content (AvgIpc) is 3.53. The van der Waals surface area contributed by atoms with Crippen molar-refractivity contribution in [1.29, 1.82) is 0 Å². The summed E-state index contributed by atoms with van der Waals surface area (Å²) in [5.74, 6) is 0.247. The van der Waals surface area contributed by atoms with Crippen LogP contribution >= 0.6 is 0 Å². The Hall–Kier alpha value is -4.44. The number of hydrogen-bond donors (Lipinski definition) is 1. The third kappa shape index (κ3) is 5.79. The van der Waals surface area contributed by atoms with Gasteiger partial charge in [0.15, 0.2) is 0 Å². The van der Waals surface area contributed by atoms with Gasteiger partial charge >= 0.3 is 12.6 Å². The Morgan fingerprint density at radius 3 is 2.74 bits per heavy atom. The summed E-state index contributed by atoms with van der Waals surface area (Å²) in [6.45, 7) is 0.530. The van der Waals surface area contributed by atoms with Gasteiger partial charge in [0.25, 0.3) is 0 Å². The zero-order valence-electron chi connectivity index (χ0n) is 23.9. The van der Waals surface area contributed by atoms with Gasteiger partial charge in [0.1, 0.15) is 11.4 Å². The molecule has 0 aliphatic carbocycles. The number of hydrogen-bond acceptors (Lipinski definition) is 6. The van der Waals surface area contributed by atoms with Crippen molar-refractivity contribution in [1.82, 2.24) is 14.8 Å². The van der Waals surface area contributed by atoms with Gasteiger partial charge in [-0.3, -0.25) is 0 Å². The largest absolute Gasteiger partial charge is 0.493 e. The minimum absolute atomic E-state index is 0.138. The summed E-state index contributed by atoms with van der Waals surface area (Å²) in [6.07, 6.45) is 2.69. The topological polar surface area (TPSA) is 87.6 Å². The molecular weight excluding hydrogens is 556 g/mol. The average molecular weight is 590 g/mol. The molecule has 1 N–H and O–H groups in total. The van der Waals surface area contributed by atoms with Gasteiger partial charge in [-0.05, 0) is 49.6 Å². The van der Waals surface area contributed by atoms with E-state index in [2.05, 4.69) is 22.3 Å². The third-order valence-corrected chi connectivity index (χ3v) is 7.68. The van der Waals surface area contributed by atoms with E-state index in [9.17, 15) is 13.6 Å². The van der Waals surface area contributed by atoms with E-state index >= 15 is 0 Å². The van der Waals surface area contributed by atoms with Crippen LogP contribution in [-0.2, 0) is 29.0 Å². The van der Waals surface area contributed by atoms with Crippen molar-refractivity contribution < 1.29 is 32.5 Å². The van der Waals surface area contributed by atoms with Crippen LogP contribution in [0, 0.1) is 0 Å². The molecule has 3 aromatic carbocycles. The van der Waals surface area contributed by atoms with E-state index in [1.807, 2.05) is 53.1 Å². The van der Waals surface area contributed by atoms with E-state index in [0.717, 1.165) is 45.8 Å². The van der Waals surface area contributed by atoms with Gasteiger partial charge in [0, 0.05) is 29.5 Å². The molecule has 5 aromatic rings. The van der Waals surface area contributed by atoms with E-state index in [-0.39, 0.29) is 19.1 Å². The smallest absolute Gasteiger partial charge is 0.388 e. The second kappa shape index (κ2) is 12.8. The molecule has 0 atom stereocenters. The molecule has 1 aliphatic heterocycles. The standard InChI is InChI=1S/C33H33F2N3O5/c1-2-41-32(39)30-24(15-9-19-42-27-16-7-11-21-10-3-4-12-22(21)27)23-13-8-14-25-28-26(36-37-31(28)43-33(34)35)20-40-18-6-5-17-38(30)29(23)25/h3-4,7-8,10-14,16,33H,2,5-6,9,15,17-20H2,1H3,(H,36,37).